The second-order valence-electron chi connectivity index (χ2n) is 14.6. The Hall–Kier alpha value is -1.27. The first-order valence-electron chi connectivity index (χ1n) is 14.8. The quantitative estimate of drug-likeness (QED) is 0.306. The van der Waals surface area contributed by atoms with Gasteiger partial charge in [0.15, 0.2) is 0 Å². The van der Waals surface area contributed by atoms with Crippen LogP contribution >= 0.6 is 0 Å². The van der Waals surface area contributed by atoms with E-state index in [9.17, 15) is 0 Å². The first kappa shape index (κ1) is 36.9. The van der Waals surface area contributed by atoms with E-state index in [1.807, 2.05) is 0 Å². The average molecular weight is 679 g/mol. The van der Waals surface area contributed by atoms with Gasteiger partial charge >= 0.3 is 41.3 Å². The normalized spacial score (nSPS) is 19.5. The SMILES string of the molecule is CC1=[C-]C(C)(C)c2cc3c(cc21)-c1cc2c(cc1C3)C(C)(C)C=C2C.CC1=[C-]C(C)C=C1C(C)(C)C.C[C](C)=[Zr+2].[Cl-].[Cl-]. The van der Waals surface area contributed by atoms with E-state index in [1.54, 1.807) is 24.2 Å². The van der Waals surface area contributed by atoms with Gasteiger partial charge in [-0.1, -0.05) is 104 Å². The summed E-state index contributed by atoms with van der Waals surface area (Å²) >= 11 is 1.55. The zero-order chi connectivity index (χ0) is 29.9. The van der Waals surface area contributed by atoms with Crippen LogP contribution in [0.4, 0.5) is 0 Å². The largest absolute Gasteiger partial charge is 1.00 e. The molecule has 6 rings (SSSR count). The number of halogens is 2. The molecule has 0 saturated carbocycles. The molecular formula is C39H48Cl2Zr-2. The first-order chi connectivity index (χ1) is 18.3. The second kappa shape index (κ2) is 13.0. The van der Waals surface area contributed by atoms with Crippen molar-refractivity contribution in [2.45, 2.75) is 107 Å². The van der Waals surface area contributed by atoms with Crippen LogP contribution in [0.3, 0.4) is 0 Å². The van der Waals surface area contributed by atoms with Crippen molar-refractivity contribution >= 4 is 14.4 Å². The summed E-state index contributed by atoms with van der Waals surface area (Å²) in [5.74, 6) is 0.518. The molecule has 1 atom stereocenters. The second-order valence-corrected chi connectivity index (χ2v) is 17.1. The molecule has 2 aromatic rings. The summed E-state index contributed by atoms with van der Waals surface area (Å²) in [5, 5.41) is 0. The molecule has 0 saturated heterocycles. The number of allylic oxidation sites excluding steroid dienone is 8. The van der Waals surface area contributed by atoms with Crippen molar-refractivity contribution in [3.05, 3.63) is 93.1 Å². The van der Waals surface area contributed by atoms with Gasteiger partial charge in [0, 0.05) is 5.41 Å². The molecule has 2 aromatic carbocycles. The van der Waals surface area contributed by atoms with Gasteiger partial charge < -0.3 is 24.8 Å². The van der Waals surface area contributed by atoms with Crippen LogP contribution in [0.1, 0.15) is 123 Å². The third-order valence-corrected chi connectivity index (χ3v) is 8.50. The summed E-state index contributed by atoms with van der Waals surface area (Å²) in [5.41, 5.74) is 17.6. The van der Waals surface area contributed by atoms with Crippen molar-refractivity contribution in [1.82, 2.24) is 0 Å². The van der Waals surface area contributed by atoms with Crippen LogP contribution in [0.2, 0.25) is 0 Å². The van der Waals surface area contributed by atoms with Crippen molar-refractivity contribution in [1.29, 1.82) is 0 Å². The Morgan fingerprint density at radius 3 is 1.76 bits per heavy atom. The van der Waals surface area contributed by atoms with Crippen molar-refractivity contribution < 1.29 is 49.0 Å². The van der Waals surface area contributed by atoms with Gasteiger partial charge in [0.25, 0.3) is 0 Å². The van der Waals surface area contributed by atoms with E-state index in [0.29, 0.717) is 11.3 Å². The van der Waals surface area contributed by atoms with Crippen LogP contribution in [0.15, 0.2) is 47.6 Å². The van der Waals surface area contributed by atoms with Crippen LogP contribution < -0.4 is 24.8 Å². The van der Waals surface area contributed by atoms with Crippen molar-refractivity contribution in [3.63, 3.8) is 0 Å². The summed E-state index contributed by atoms with van der Waals surface area (Å²) in [6, 6.07) is 9.81. The van der Waals surface area contributed by atoms with Crippen LogP contribution in [0.25, 0.3) is 22.3 Å². The van der Waals surface area contributed by atoms with E-state index in [4.69, 9.17) is 0 Å². The summed E-state index contributed by atoms with van der Waals surface area (Å²) in [6.07, 6.45) is 12.8. The van der Waals surface area contributed by atoms with Gasteiger partial charge in [-0.3, -0.25) is 12.2 Å². The Morgan fingerprint density at radius 2 is 1.31 bits per heavy atom. The molecule has 42 heavy (non-hydrogen) atoms. The standard InChI is InChI=1S/C25H25.C11H17.C3H6.2ClH.Zr/c1-14-12-24(3,4)22-8-16-7-17-9-23-19(15(2)13-25(23,5)6)11-21(17)20(16)10-18(14)22;1-8-6-9(2)10(7-8)11(3,4)5;1-3-2;;;/h8-12H,7H2,1-6H3;7-8H,1-5H3;1-2H3;2*1H;/q2*-1;;;;+2/p-2. The fraction of sp³-hybridized carbons (Fsp3) is 0.462. The van der Waals surface area contributed by atoms with E-state index in [1.165, 1.54) is 70.0 Å². The summed E-state index contributed by atoms with van der Waals surface area (Å²) in [6.45, 7) is 29.0. The van der Waals surface area contributed by atoms with Crippen LogP contribution in [0, 0.1) is 23.5 Å². The van der Waals surface area contributed by atoms with Crippen molar-refractivity contribution in [2.24, 2.45) is 11.3 Å². The minimum absolute atomic E-state index is 0. The van der Waals surface area contributed by atoms with Gasteiger partial charge in [-0.05, 0) is 58.4 Å². The summed E-state index contributed by atoms with van der Waals surface area (Å²) < 4.78 is 1.51. The van der Waals surface area contributed by atoms with E-state index in [2.05, 4.69) is 139 Å². The van der Waals surface area contributed by atoms with E-state index >= 15 is 0 Å². The minimum Gasteiger partial charge on any atom is -1.00 e. The zero-order valence-corrected chi connectivity index (χ0v) is 32.0. The molecular weight excluding hydrogens is 631 g/mol. The fourth-order valence-electron chi connectivity index (χ4n) is 6.92. The van der Waals surface area contributed by atoms with Crippen molar-refractivity contribution in [3.8, 4) is 11.1 Å². The summed E-state index contributed by atoms with van der Waals surface area (Å²) in [4.78, 5) is 0. The topological polar surface area (TPSA) is 0 Å². The molecule has 0 N–H and O–H groups in total. The maximum absolute atomic E-state index is 3.65. The van der Waals surface area contributed by atoms with Gasteiger partial charge in [-0.15, -0.1) is 11.6 Å². The number of rotatable bonds is 0. The molecule has 0 fully saturated rings. The molecule has 0 nitrogen and oxygen atoms in total. The van der Waals surface area contributed by atoms with Gasteiger partial charge in [0.05, 0.1) is 0 Å². The molecule has 0 radical (unpaired) electrons. The Bertz CT molecular complexity index is 1430. The molecule has 3 heteroatoms. The number of benzene rings is 2. The molecule has 4 aliphatic carbocycles. The van der Waals surface area contributed by atoms with Crippen LogP contribution in [-0.2, 0) is 41.5 Å². The molecule has 4 aliphatic rings. The van der Waals surface area contributed by atoms with Gasteiger partial charge in [0.1, 0.15) is 0 Å². The monoisotopic (exact) mass is 676 g/mol. The molecule has 224 valence electrons. The predicted molar refractivity (Wildman–Crippen MR) is 172 cm³/mol. The third-order valence-electron chi connectivity index (χ3n) is 8.50. The van der Waals surface area contributed by atoms with Gasteiger partial charge in [-0.25, -0.2) is 11.1 Å². The van der Waals surface area contributed by atoms with E-state index in [-0.39, 0.29) is 35.6 Å². The molecule has 0 bridgehead atoms. The van der Waals surface area contributed by atoms with Crippen LogP contribution in [0.5, 0.6) is 0 Å². The first-order valence-corrected chi connectivity index (χ1v) is 16.1. The molecule has 0 amide bonds. The van der Waals surface area contributed by atoms with Crippen molar-refractivity contribution in [2.75, 3.05) is 0 Å². The van der Waals surface area contributed by atoms with E-state index in [0.717, 1.165) is 6.42 Å². The molecule has 1 unspecified atom stereocenters. The Morgan fingerprint density at radius 1 is 0.810 bits per heavy atom. The van der Waals surface area contributed by atoms with Crippen LogP contribution in [-0.4, -0.2) is 3.21 Å². The number of fused-ring (bicyclic) bond motifs is 5. The summed E-state index contributed by atoms with van der Waals surface area (Å²) in [7, 11) is 0. The minimum atomic E-state index is 0. The van der Waals surface area contributed by atoms with E-state index < -0.39 is 0 Å². The number of hydrogen-bond donors (Lipinski definition) is 0. The Labute approximate surface area is 284 Å². The average Bonchev–Trinajstić information content (AvgIpc) is 3.46. The van der Waals surface area contributed by atoms with Gasteiger partial charge in [0.2, 0.25) is 0 Å². The molecule has 0 aliphatic heterocycles. The van der Waals surface area contributed by atoms with Gasteiger partial charge in [-0.2, -0.15) is 17.2 Å². The third kappa shape index (κ3) is 7.33. The maximum atomic E-state index is 3.65. The molecule has 0 spiro atoms. The zero-order valence-electron chi connectivity index (χ0n) is 28.0. The Kier molecular flexibility index (Phi) is 11.4. The molecule has 0 aromatic heterocycles. The number of hydrogen-bond acceptors (Lipinski definition) is 0. The molecule has 0 heterocycles. The smallest absolute Gasteiger partial charge is 1.00 e. The maximum Gasteiger partial charge on any atom is -1.00 e. The fourth-order valence-corrected chi connectivity index (χ4v) is 6.92. The predicted octanol–water partition coefficient (Wildman–Crippen LogP) is 4.56. The Balaban J connectivity index is 0.000000307.